The van der Waals surface area contributed by atoms with Crippen LogP contribution < -0.4 is 0 Å². The molecule has 0 saturated carbocycles. The van der Waals surface area contributed by atoms with Crippen LogP contribution in [0.1, 0.15) is 497 Å². The van der Waals surface area contributed by atoms with Crippen LogP contribution in [0.25, 0.3) is 0 Å². The number of carbonyl (C=O) groups excluding carboxylic acids is 4. The predicted molar refractivity (Wildman–Crippen MR) is 455 cm³/mol. The standard InChI is InChI=1S/C91H178O17P2/c1-6-10-13-16-19-22-25-28-30-32-37-40-45-50-55-60-65-70-75-89(94)102-81-87(108-91(96)77-72-67-62-57-52-47-42-38-34-33-36-39-44-48-53-58-63-68-73-84(5)9-4)83-106-110(99,100)104-79-85(92)78-103-109(97,98)105-82-86(80-101-88(93)74-69-64-59-54-49-43-27-24-21-18-15-12-8-3)107-90(95)76-71-66-61-56-51-46-41-35-31-29-26-23-20-17-14-11-7-2/h84-87,92H,6-83H2,1-5H3,(H,97,98)(H,99,100)/t84?,85-,86+,87+/m0/s1. The summed E-state index contributed by atoms with van der Waals surface area (Å²) >= 11 is 0. The van der Waals surface area contributed by atoms with Crippen LogP contribution in [-0.2, 0) is 65.4 Å². The summed E-state index contributed by atoms with van der Waals surface area (Å²) in [5, 5.41) is 10.7. The van der Waals surface area contributed by atoms with Gasteiger partial charge >= 0.3 is 39.5 Å². The van der Waals surface area contributed by atoms with Crippen LogP contribution in [0.4, 0.5) is 0 Å². The summed E-state index contributed by atoms with van der Waals surface area (Å²) in [6.07, 6.45) is 79.0. The summed E-state index contributed by atoms with van der Waals surface area (Å²) in [5.74, 6) is -1.22. The highest BCUT2D eigenvalue weighted by Gasteiger charge is 2.31. The summed E-state index contributed by atoms with van der Waals surface area (Å²) < 4.78 is 69.1. The van der Waals surface area contributed by atoms with Crippen molar-refractivity contribution in [3.8, 4) is 0 Å². The quantitative estimate of drug-likeness (QED) is 0.0222. The summed E-state index contributed by atoms with van der Waals surface area (Å²) in [5.41, 5.74) is 0. The van der Waals surface area contributed by atoms with Crippen LogP contribution in [0.2, 0.25) is 0 Å². The van der Waals surface area contributed by atoms with Gasteiger partial charge in [-0.25, -0.2) is 9.13 Å². The molecule has 3 unspecified atom stereocenters. The fourth-order valence-electron chi connectivity index (χ4n) is 14.3. The highest BCUT2D eigenvalue weighted by Crippen LogP contribution is 2.45. The first-order valence-corrected chi connectivity index (χ1v) is 50.2. The molecule has 0 aromatic rings. The topological polar surface area (TPSA) is 237 Å². The Morgan fingerprint density at radius 1 is 0.255 bits per heavy atom. The Bertz CT molecular complexity index is 2080. The van der Waals surface area contributed by atoms with Gasteiger partial charge < -0.3 is 33.8 Å². The van der Waals surface area contributed by atoms with Gasteiger partial charge in [0.2, 0.25) is 0 Å². The van der Waals surface area contributed by atoms with E-state index in [1.54, 1.807) is 0 Å². The minimum absolute atomic E-state index is 0.109. The van der Waals surface area contributed by atoms with E-state index in [1.165, 1.54) is 321 Å². The molecule has 0 aliphatic heterocycles. The third kappa shape index (κ3) is 82.6. The van der Waals surface area contributed by atoms with Gasteiger partial charge in [-0.3, -0.25) is 37.3 Å². The molecule has 0 bridgehead atoms. The lowest BCUT2D eigenvalue weighted by Crippen LogP contribution is -2.30. The van der Waals surface area contributed by atoms with E-state index in [1.807, 2.05) is 0 Å². The number of phosphoric ester groups is 2. The second kappa shape index (κ2) is 83.5. The average Bonchev–Trinajstić information content (AvgIpc) is 0.899. The molecule has 0 amide bonds. The van der Waals surface area contributed by atoms with Gasteiger partial charge in [0.25, 0.3) is 0 Å². The van der Waals surface area contributed by atoms with Crippen LogP contribution in [-0.4, -0.2) is 96.7 Å². The van der Waals surface area contributed by atoms with Gasteiger partial charge in [-0.15, -0.1) is 0 Å². The highest BCUT2D eigenvalue weighted by molar-refractivity contribution is 7.47. The highest BCUT2D eigenvalue weighted by atomic mass is 31.2. The largest absolute Gasteiger partial charge is 0.472 e. The van der Waals surface area contributed by atoms with Gasteiger partial charge in [0, 0.05) is 25.7 Å². The van der Waals surface area contributed by atoms with Crippen LogP contribution in [0.3, 0.4) is 0 Å². The van der Waals surface area contributed by atoms with Crippen LogP contribution >= 0.6 is 15.6 Å². The molecule has 0 saturated heterocycles. The molecule has 0 aliphatic carbocycles. The fraction of sp³-hybridized carbons (Fsp3) is 0.956. The Labute approximate surface area is 677 Å². The Balaban J connectivity index is 5.25. The van der Waals surface area contributed by atoms with Crippen molar-refractivity contribution < 1.29 is 80.2 Å². The van der Waals surface area contributed by atoms with E-state index < -0.39 is 97.5 Å². The van der Waals surface area contributed by atoms with E-state index in [9.17, 15) is 43.2 Å². The van der Waals surface area contributed by atoms with Gasteiger partial charge in [-0.1, -0.05) is 446 Å². The molecule has 19 heteroatoms. The number of hydrogen-bond acceptors (Lipinski definition) is 15. The molecule has 0 aromatic carbocycles. The number of ether oxygens (including phenoxy) is 4. The maximum atomic E-state index is 13.2. The van der Waals surface area contributed by atoms with Crippen molar-refractivity contribution in [2.24, 2.45) is 5.92 Å². The Hall–Kier alpha value is -1.94. The molecule has 0 aliphatic rings. The maximum Gasteiger partial charge on any atom is 0.472 e. The number of carbonyl (C=O) groups is 4. The van der Waals surface area contributed by atoms with Crippen molar-refractivity contribution in [2.75, 3.05) is 39.6 Å². The van der Waals surface area contributed by atoms with Gasteiger partial charge in [0.05, 0.1) is 26.4 Å². The number of aliphatic hydroxyl groups excluding tert-OH is 1. The normalized spacial score (nSPS) is 13.9. The Morgan fingerprint density at radius 2 is 0.436 bits per heavy atom. The summed E-state index contributed by atoms with van der Waals surface area (Å²) in [6, 6.07) is 0. The lowest BCUT2D eigenvalue weighted by atomic mass is 9.99. The SMILES string of the molecule is CCCCCCCCCCCCCCCCCCCCC(=O)OC[C@H](COP(=O)(O)OC[C@@H](O)COP(=O)(O)OC[C@@H](COC(=O)CCCCCCCCCCCCCCC)OC(=O)CCCCCCCCCCCCCCCCCCC)OC(=O)CCCCCCCCCCCCCCCCCCCCC(C)CC. The van der Waals surface area contributed by atoms with Crippen molar-refractivity contribution in [3.63, 3.8) is 0 Å². The first-order chi connectivity index (χ1) is 53.6. The zero-order valence-corrected chi connectivity index (χ0v) is 74.2. The number of unbranched alkanes of at least 4 members (excludes halogenated alkanes) is 62. The molecular formula is C91H178O17P2. The van der Waals surface area contributed by atoms with Crippen molar-refractivity contribution in [1.29, 1.82) is 0 Å². The third-order valence-corrected chi connectivity index (χ3v) is 23.8. The van der Waals surface area contributed by atoms with Crippen molar-refractivity contribution >= 4 is 39.5 Å². The molecule has 654 valence electrons. The third-order valence-electron chi connectivity index (χ3n) is 21.9. The zero-order valence-electron chi connectivity index (χ0n) is 72.4. The molecule has 0 fully saturated rings. The summed E-state index contributed by atoms with van der Waals surface area (Å²) in [7, 11) is -9.94. The minimum atomic E-state index is -4.97. The van der Waals surface area contributed by atoms with Crippen LogP contribution in [0, 0.1) is 5.92 Å². The van der Waals surface area contributed by atoms with Gasteiger partial charge in [0.1, 0.15) is 19.3 Å². The van der Waals surface area contributed by atoms with E-state index in [0.717, 1.165) is 95.8 Å². The molecule has 0 aromatic heterocycles. The van der Waals surface area contributed by atoms with Gasteiger partial charge in [-0.2, -0.15) is 0 Å². The fourth-order valence-corrected chi connectivity index (χ4v) is 15.9. The summed E-state index contributed by atoms with van der Waals surface area (Å²) in [6.45, 7) is 7.47. The molecular weight excluding hydrogens is 1430 g/mol. The average molecular weight is 1610 g/mol. The number of aliphatic hydroxyl groups is 1. The van der Waals surface area contributed by atoms with E-state index in [-0.39, 0.29) is 25.7 Å². The van der Waals surface area contributed by atoms with Gasteiger partial charge in [0.15, 0.2) is 12.2 Å². The predicted octanol–water partition coefficient (Wildman–Crippen LogP) is 28.3. The monoisotopic (exact) mass is 1610 g/mol. The van der Waals surface area contributed by atoms with Gasteiger partial charge in [-0.05, 0) is 31.6 Å². The zero-order chi connectivity index (χ0) is 80.4. The van der Waals surface area contributed by atoms with Crippen LogP contribution in [0.5, 0.6) is 0 Å². The number of esters is 4. The number of hydrogen-bond donors (Lipinski definition) is 3. The molecule has 110 heavy (non-hydrogen) atoms. The maximum absolute atomic E-state index is 13.2. The minimum Gasteiger partial charge on any atom is -0.462 e. The second-order valence-corrected chi connectivity index (χ2v) is 35.8. The lowest BCUT2D eigenvalue weighted by Gasteiger charge is -2.21. The first kappa shape index (κ1) is 108. The van der Waals surface area contributed by atoms with Crippen LogP contribution in [0.15, 0.2) is 0 Å². The first-order valence-electron chi connectivity index (χ1n) is 47.2. The Kier molecular flexibility index (Phi) is 82.1. The Morgan fingerprint density at radius 3 is 0.645 bits per heavy atom. The molecule has 3 N–H and O–H groups in total. The van der Waals surface area contributed by atoms with E-state index in [4.69, 9.17) is 37.0 Å². The molecule has 0 spiro atoms. The second-order valence-electron chi connectivity index (χ2n) is 32.9. The molecule has 0 rings (SSSR count). The molecule has 6 atom stereocenters. The number of phosphoric acid groups is 2. The van der Waals surface area contributed by atoms with Crippen molar-refractivity contribution in [3.05, 3.63) is 0 Å². The molecule has 17 nitrogen and oxygen atoms in total. The van der Waals surface area contributed by atoms with E-state index in [2.05, 4.69) is 34.6 Å². The van der Waals surface area contributed by atoms with E-state index in [0.29, 0.717) is 25.7 Å². The van der Waals surface area contributed by atoms with Crippen molar-refractivity contribution in [2.45, 2.75) is 515 Å². The lowest BCUT2D eigenvalue weighted by molar-refractivity contribution is -0.161. The smallest absolute Gasteiger partial charge is 0.462 e. The van der Waals surface area contributed by atoms with Crippen molar-refractivity contribution in [1.82, 2.24) is 0 Å². The summed E-state index contributed by atoms with van der Waals surface area (Å²) in [4.78, 5) is 73.4. The molecule has 0 heterocycles. The molecule has 0 radical (unpaired) electrons. The van der Waals surface area contributed by atoms with E-state index >= 15 is 0 Å². The number of rotatable bonds is 91.